The third kappa shape index (κ3) is 3.20. The predicted octanol–water partition coefficient (Wildman–Crippen LogP) is 2.99. The fraction of sp³-hybridized carbons (Fsp3) is 0.385. The quantitative estimate of drug-likeness (QED) is 0.757. The average molecular weight is 366 g/mol. The first-order valence-electron chi connectivity index (χ1n) is 5.99. The van der Waals surface area contributed by atoms with Crippen LogP contribution in [0.4, 0.5) is 18.9 Å². The standard InChI is InChI=1S/C13H11BrF3NO3/c1-21-12(20)7-4-11(19)18(6-7)8-2-3-10(14)9(5-8)13(15,16)17/h2-3,5,7H,4,6H2,1H3. The second kappa shape index (κ2) is 5.67. The van der Waals surface area contributed by atoms with Crippen LogP contribution in [0.15, 0.2) is 22.7 Å². The zero-order valence-electron chi connectivity index (χ0n) is 10.9. The third-order valence-corrected chi connectivity index (χ3v) is 3.92. The highest BCUT2D eigenvalue weighted by atomic mass is 79.9. The second-order valence-electron chi connectivity index (χ2n) is 4.59. The maximum absolute atomic E-state index is 12.9. The van der Waals surface area contributed by atoms with E-state index < -0.39 is 29.5 Å². The summed E-state index contributed by atoms with van der Waals surface area (Å²) in [6, 6.07) is 3.52. The van der Waals surface area contributed by atoms with Gasteiger partial charge in [0.2, 0.25) is 5.91 Å². The topological polar surface area (TPSA) is 46.6 Å². The summed E-state index contributed by atoms with van der Waals surface area (Å²) in [6.45, 7) is 0.0183. The van der Waals surface area contributed by atoms with Crippen molar-refractivity contribution in [3.8, 4) is 0 Å². The lowest BCUT2D eigenvalue weighted by Gasteiger charge is -2.19. The second-order valence-corrected chi connectivity index (χ2v) is 5.44. The van der Waals surface area contributed by atoms with E-state index in [-0.39, 0.29) is 23.1 Å². The van der Waals surface area contributed by atoms with Crippen LogP contribution >= 0.6 is 15.9 Å². The zero-order valence-corrected chi connectivity index (χ0v) is 12.5. The van der Waals surface area contributed by atoms with E-state index in [1.54, 1.807) is 0 Å². The molecule has 0 bridgehead atoms. The molecule has 4 nitrogen and oxygen atoms in total. The summed E-state index contributed by atoms with van der Waals surface area (Å²) >= 11 is 2.84. The Morgan fingerprint density at radius 1 is 1.43 bits per heavy atom. The molecule has 1 atom stereocenters. The molecule has 114 valence electrons. The van der Waals surface area contributed by atoms with Gasteiger partial charge in [-0.3, -0.25) is 9.59 Å². The largest absolute Gasteiger partial charge is 0.469 e. The molecule has 0 spiro atoms. The highest BCUT2D eigenvalue weighted by Crippen LogP contribution is 2.38. The number of benzene rings is 1. The van der Waals surface area contributed by atoms with Crippen molar-refractivity contribution in [1.82, 2.24) is 0 Å². The minimum atomic E-state index is -4.53. The zero-order chi connectivity index (χ0) is 15.8. The lowest BCUT2D eigenvalue weighted by molar-refractivity contribution is -0.145. The van der Waals surface area contributed by atoms with E-state index in [4.69, 9.17) is 0 Å². The molecule has 1 aromatic rings. The predicted molar refractivity (Wildman–Crippen MR) is 71.6 cm³/mol. The lowest BCUT2D eigenvalue weighted by atomic mass is 10.1. The number of rotatable bonds is 2. The Balaban J connectivity index is 2.31. The van der Waals surface area contributed by atoms with Crippen LogP contribution in [0.1, 0.15) is 12.0 Å². The van der Waals surface area contributed by atoms with E-state index in [9.17, 15) is 22.8 Å². The van der Waals surface area contributed by atoms with Crippen molar-refractivity contribution in [2.24, 2.45) is 5.92 Å². The van der Waals surface area contributed by atoms with E-state index >= 15 is 0 Å². The fourth-order valence-corrected chi connectivity index (χ4v) is 2.65. The molecule has 0 N–H and O–H groups in total. The summed E-state index contributed by atoms with van der Waals surface area (Å²) in [4.78, 5) is 24.5. The molecule has 1 aliphatic heterocycles. The molecule has 2 rings (SSSR count). The normalized spacial score (nSPS) is 19.0. The first-order chi connectivity index (χ1) is 9.74. The molecule has 1 fully saturated rings. The monoisotopic (exact) mass is 365 g/mol. The Bertz CT molecular complexity index is 589. The van der Waals surface area contributed by atoms with E-state index in [1.165, 1.54) is 24.1 Å². The van der Waals surface area contributed by atoms with Crippen molar-refractivity contribution in [3.05, 3.63) is 28.2 Å². The van der Waals surface area contributed by atoms with Gasteiger partial charge in [-0.2, -0.15) is 13.2 Å². The van der Waals surface area contributed by atoms with Gasteiger partial charge in [-0.05, 0) is 18.2 Å². The van der Waals surface area contributed by atoms with Crippen LogP contribution in [-0.4, -0.2) is 25.5 Å². The summed E-state index contributed by atoms with van der Waals surface area (Å²) in [5.41, 5.74) is -0.753. The molecule has 1 unspecified atom stereocenters. The number of carbonyl (C=O) groups is 2. The highest BCUT2D eigenvalue weighted by Gasteiger charge is 2.38. The van der Waals surface area contributed by atoms with Gasteiger partial charge in [0.15, 0.2) is 0 Å². The number of anilines is 1. The number of esters is 1. The van der Waals surface area contributed by atoms with Crippen LogP contribution < -0.4 is 4.90 Å². The molecule has 21 heavy (non-hydrogen) atoms. The molecular weight excluding hydrogens is 355 g/mol. The van der Waals surface area contributed by atoms with Crippen LogP contribution in [0.5, 0.6) is 0 Å². The van der Waals surface area contributed by atoms with Gasteiger partial charge in [0, 0.05) is 23.1 Å². The fourth-order valence-electron chi connectivity index (χ4n) is 2.18. The lowest BCUT2D eigenvalue weighted by Crippen LogP contribution is -2.26. The number of alkyl halides is 3. The number of carbonyl (C=O) groups excluding carboxylic acids is 2. The van der Waals surface area contributed by atoms with Crippen molar-refractivity contribution < 1.29 is 27.5 Å². The van der Waals surface area contributed by atoms with E-state index in [0.717, 1.165) is 6.07 Å². The molecule has 0 saturated carbocycles. The van der Waals surface area contributed by atoms with Gasteiger partial charge < -0.3 is 9.64 Å². The summed E-state index contributed by atoms with van der Waals surface area (Å²) in [5.74, 6) is -1.60. The maximum Gasteiger partial charge on any atom is 0.417 e. The first-order valence-corrected chi connectivity index (χ1v) is 6.78. The third-order valence-electron chi connectivity index (χ3n) is 3.23. The summed E-state index contributed by atoms with van der Waals surface area (Å²) in [6.07, 6.45) is -4.59. The van der Waals surface area contributed by atoms with Gasteiger partial charge >= 0.3 is 12.1 Å². The number of hydrogen-bond acceptors (Lipinski definition) is 3. The number of methoxy groups -OCH3 is 1. The van der Waals surface area contributed by atoms with Crippen LogP contribution in [0.3, 0.4) is 0 Å². The minimum Gasteiger partial charge on any atom is -0.469 e. The van der Waals surface area contributed by atoms with Crippen molar-refractivity contribution >= 4 is 33.5 Å². The van der Waals surface area contributed by atoms with Crippen LogP contribution in [0, 0.1) is 5.92 Å². The van der Waals surface area contributed by atoms with E-state index in [0.29, 0.717) is 0 Å². The van der Waals surface area contributed by atoms with Crippen molar-refractivity contribution in [3.63, 3.8) is 0 Å². The molecule has 0 aromatic heterocycles. The SMILES string of the molecule is COC(=O)C1CC(=O)N(c2ccc(Br)c(C(F)(F)F)c2)C1. The van der Waals surface area contributed by atoms with Gasteiger partial charge in [0.1, 0.15) is 0 Å². The maximum atomic E-state index is 12.9. The van der Waals surface area contributed by atoms with E-state index in [1.807, 2.05) is 0 Å². The molecule has 1 aromatic carbocycles. The Hall–Kier alpha value is -1.57. The van der Waals surface area contributed by atoms with Crippen molar-refractivity contribution in [2.45, 2.75) is 12.6 Å². The number of ether oxygens (including phenoxy) is 1. The average Bonchev–Trinajstić information content (AvgIpc) is 2.79. The van der Waals surface area contributed by atoms with Crippen LogP contribution in [-0.2, 0) is 20.5 Å². The summed E-state index contributed by atoms with van der Waals surface area (Å²) < 4.78 is 43.1. The smallest absolute Gasteiger partial charge is 0.417 e. The highest BCUT2D eigenvalue weighted by molar-refractivity contribution is 9.10. The van der Waals surface area contributed by atoms with Crippen molar-refractivity contribution in [1.29, 1.82) is 0 Å². The molecule has 0 radical (unpaired) electrons. The minimum absolute atomic E-state index is 0.0183. The Labute approximate surface area is 127 Å². The molecule has 8 heteroatoms. The number of nitrogens with zero attached hydrogens (tertiary/aromatic N) is 1. The van der Waals surface area contributed by atoms with Crippen LogP contribution in [0.2, 0.25) is 0 Å². The molecule has 1 amide bonds. The van der Waals surface area contributed by atoms with Gasteiger partial charge in [-0.15, -0.1) is 0 Å². The number of halogens is 4. The van der Waals surface area contributed by atoms with Crippen LogP contribution in [0.25, 0.3) is 0 Å². The van der Waals surface area contributed by atoms with Gasteiger partial charge in [0.25, 0.3) is 0 Å². The van der Waals surface area contributed by atoms with Crippen molar-refractivity contribution in [2.75, 3.05) is 18.6 Å². The molecule has 0 aliphatic carbocycles. The molecule has 1 aliphatic rings. The Morgan fingerprint density at radius 2 is 2.10 bits per heavy atom. The molecular formula is C13H11BrF3NO3. The van der Waals surface area contributed by atoms with Gasteiger partial charge in [-0.25, -0.2) is 0 Å². The number of hydrogen-bond donors (Lipinski definition) is 0. The first kappa shape index (κ1) is 15.8. The Morgan fingerprint density at radius 3 is 2.67 bits per heavy atom. The van der Waals surface area contributed by atoms with Gasteiger partial charge in [-0.1, -0.05) is 15.9 Å². The Kier molecular flexibility index (Phi) is 4.27. The summed E-state index contributed by atoms with van der Waals surface area (Å²) in [7, 11) is 1.21. The molecule has 1 heterocycles. The molecule has 1 saturated heterocycles. The summed E-state index contributed by atoms with van der Waals surface area (Å²) in [5, 5.41) is 0. The van der Waals surface area contributed by atoms with E-state index in [2.05, 4.69) is 20.7 Å². The van der Waals surface area contributed by atoms with Gasteiger partial charge in [0.05, 0.1) is 18.6 Å². The number of amides is 1.